The van der Waals surface area contributed by atoms with Crippen LogP contribution < -0.4 is 16.0 Å². The Balaban J connectivity index is 1.90. The molecule has 0 saturated heterocycles. The molecule has 0 atom stereocenters. The highest BCUT2D eigenvalue weighted by atomic mass is 19.4. The van der Waals surface area contributed by atoms with Gasteiger partial charge in [0.1, 0.15) is 0 Å². The molecule has 0 fully saturated rings. The number of rotatable bonds is 6. The Morgan fingerprint density at radius 1 is 1.00 bits per heavy atom. The highest BCUT2D eigenvalue weighted by molar-refractivity contribution is 5.96. The van der Waals surface area contributed by atoms with E-state index in [1.807, 2.05) is 6.92 Å². The number of anilines is 2. The zero-order chi connectivity index (χ0) is 19.2. The Morgan fingerprint density at radius 3 is 2.31 bits per heavy atom. The Bertz CT molecular complexity index is 774. The lowest BCUT2D eigenvalue weighted by atomic mass is 10.2. The number of carbonyl (C=O) groups excluding carboxylic acids is 2. The fourth-order valence-electron chi connectivity index (χ4n) is 2.16. The minimum Gasteiger partial charge on any atom is -0.376 e. The van der Waals surface area contributed by atoms with E-state index in [4.69, 9.17) is 0 Å². The highest BCUT2D eigenvalue weighted by Gasteiger charge is 2.30. The maximum Gasteiger partial charge on any atom is 0.416 e. The van der Waals surface area contributed by atoms with Crippen LogP contribution in [-0.2, 0) is 11.0 Å². The average molecular weight is 365 g/mol. The van der Waals surface area contributed by atoms with Crippen molar-refractivity contribution >= 4 is 23.2 Å². The lowest BCUT2D eigenvalue weighted by Crippen LogP contribution is -2.23. The fourth-order valence-corrected chi connectivity index (χ4v) is 2.16. The van der Waals surface area contributed by atoms with Gasteiger partial charge >= 0.3 is 6.18 Å². The van der Waals surface area contributed by atoms with Gasteiger partial charge in [-0.3, -0.25) is 9.59 Å². The molecule has 0 unspecified atom stereocenters. The number of nitrogens with one attached hydrogen (secondary N) is 3. The molecule has 2 aromatic carbocycles. The second-order valence-corrected chi connectivity index (χ2v) is 5.42. The molecule has 26 heavy (non-hydrogen) atoms. The maximum absolute atomic E-state index is 12.7. The zero-order valence-electron chi connectivity index (χ0n) is 14.0. The van der Waals surface area contributed by atoms with Crippen molar-refractivity contribution in [3.63, 3.8) is 0 Å². The summed E-state index contributed by atoms with van der Waals surface area (Å²) in [6, 6.07) is 10.9. The van der Waals surface area contributed by atoms with Crippen LogP contribution in [0.15, 0.2) is 48.5 Å². The van der Waals surface area contributed by atoms with E-state index in [1.54, 1.807) is 24.3 Å². The van der Waals surface area contributed by atoms with Crippen LogP contribution in [0, 0.1) is 0 Å². The predicted octanol–water partition coefficient (Wildman–Crippen LogP) is 3.51. The third-order valence-electron chi connectivity index (χ3n) is 3.41. The summed E-state index contributed by atoms with van der Waals surface area (Å²) in [5.41, 5.74) is 0.353. The molecule has 2 amide bonds. The molecule has 0 radical (unpaired) electrons. The normalized spacial score (nSPS) is 10.9. The predicted molar refractivity (Wildman–Crippen MR) is 93.0 cm³/mol. The van der Waals surface area contributed by atoms with E-state index in [0.29, 0.717) is 17.8 Å². The maximum atomic E-state index is 12.7. The second kappa shape index (κ2) is 8.37. The van der Waals surface area contributed by atoms with Crippen LogP contribution in [0.25, 0.3) is 0 Å². The molecule has 0 spiro atoms. The number of halogens is 3. The van der Waals surface area contributed by atoms with Crippen molar-refractivity contribution in [1.29, 1.82) is 0 Å². The van der Waals surface area contributed by atoms with E-state index >= 15 is 0 Å². The minimum atomic E-state index is -4.44. The van der Waals surface area contributed by atoms with Crippen LogP contribution in [0.5, 0.6) is 0 Å². The largest absolute Gasteiger partial charge is 0.416 e. The summed E-state index contributed by atoms with van der Waals surface area (Å²) in [6.07, 6.45) is -4.44. The first kappa shape index (κ1) is 19.3. The molecule has 0 aliphatic carbocycles. The summed E-state index contributed by atoms with van der Waals surface area (Å²) in [4.78, 5) is 23.6. The van der Waals surface area contributed by atoms with Crippen LogP contribution in [0.1, 0.15) is 22.8 Å². The second-order valence-electron chi connectivity index (χ2n) is 5.42. The number of amides is 2. The first-order valence-corrected chi connectivity index (χ1v) is 7.89. The molecule has 3 N–H and O–H groups in total. The SMILES string of the molecule is CCNC(=O)c1ccc(NC(=O)CNc2cccc(C(F)(F)F)c2)cc1. The van der Waals surface area contributed by atoms with Crippen LogP contribution in [0.3, 0.4) is 0 Å². The molecule has 2 aromatic rings. The Kier molecular flexibility index (Phi) is 6.21. The van der Waals surface area contributed by atoms with Gasteiger partial charge in [0.15, 0.2) is 0 Å². The Hall–Kier alpha value is -3.03. The number of benzene rings is 2. The summed E-state index contributed by atoms with van der Waals surface area (Å²) >= 11 is 0. The van der Waals surface area contributed by atoms with Gasteiger partial charge in [0.2, 0.25) is 5.91 Å². The molecule has 5 nitrogen and oxygen atoms in total. The average Bonchev–Trinajstić information content (AvgIpc) is 2.60. The molecule has 0 heterocycles. The summed E-state index contributed by atoms with van der Waals surface area (Å²) in [7, 11) is 0. The van der Waals surface area contributed by atoms with E-state index in [0.717, 1.165) is 12.1 Å². The van der Waals surface area contributed by atoms with Gasteiger partial charge in [-0.1, -0.05) is 6.07 Å². The van der Waals surface area contributed by atoms with Gasteiger partial charge in [0, 0.05) is 23.5 Å². The number of hydrogen-bond donors (Lipinski definition) is 3. The number of carbonyl (C=O) groups is 2. The third-order valence-corrected chi connectivity index (χ3v) is 3.41. The van der Waals surface area contributed by atoms with E-state index in [1.165, 1.54) is 12.1 Å². The van der Waals surface area contributed by atoms with E-state index in [-0.39, 0.29) is 18.1 Å². The van der Waals surface area contributed by atoms with Crippen molar-refractivity contribution in [1.82, 2.24) is 5.32 Å². The lowest BCUT2D eigenvalue weighted by molar-refractivity contribution is -0.137. The molecule has 0 bridgehead atoms. The van der Waals surface area contributed by atoms with Crippen LogP contribution >= 0.6 is 0 Å². The van der Waals surface area contributed by atoms with Crippen LogP contribution in [0.2, 0.25) is 0 Å². The molecular weight excluding hydrogens is 347 g/mol. The Morgan fingerprint density at radius 2 is 1.69 bits per heavy atom. The highest BCUT2D eigenvalue weighted by Crippen LogP contribution is 2.30. The molecule has 2 rings (SSSR count). The number of alkyl halides is 3. The van der Waals surface area contributed by atoms with Crippen molar-refractivity contribution in [2.75, 3.05) is 23.7 Å². The lowest BCUT2D eigenvalue weighted by Gasteiger charge is -2.11. The first-order chi connectivity index (χ1) is 12.3. The van der Waals surface area contributed by atoms with Gasteiger partial charge in [-0.25, -0.2) is 0 Å². The van der Waals surface area contributed by atoms with Crippen molar-refractivity contribution in [2.45, 2.75) is 13.1 Å². The third kappa shape index (κ3) is 5.51. The molecular formula is C18H18F3N3O2. The molecule has 8 heteroatoms. The standard InChI is InChI=1S/C18H18F3N3O2/c1-2-22-17(26)12-6-8-14(9-7-12)24-16(25)11-23-15-5-3-4-13(10-15)18(19,20)21/h3-10,23H,2,11H2,1H3,(H,22,26)(H,24,25). The summed E-state index contributed by atoms with van der Waals surface area (Å²) in [6.45, 7) is 2.13. The van der Waals surface area contributed by atoms with E-state index < -0.39 is 17.6 Å². The van der Waals surface area contributed by atoms with Crippen molar-refractivity contribution in [3.05, 3.63) is 59.7 Å². The number of hydrogen-bond acceptors (Lipinski definition) is 3. The molecule has 0 aromatic heterocycles. The zero-order valence-corrected chi connectivity index (χ0v) is 14.0. The van der Waals surface area contributed by atoms with E-state index in [9.17, 15) is 22.8 Å². The van der Waals surface area contributed by atoms with Crippen molar-refractivity contribution in [3.8, 4) is 0 Å². The smallest absolute Gasteiger partial charge is 0.376 e. The van der Waals surface area contributed by atoms with Crippen molar-refractivity contribution in [2.24, 2.45) is 0 Å². The summed E-state index contributed by atoms with van der Waals surface area (Å²) in [5.74, 6) is -0.634. The summed E-state index contributed by atoms with van der Waals surface area (Å²) < 4.78 is 38.0. The van der Waals surface area contributed by atoms with Crippen molar-refractivity contribution < 1.29 is 22.8 Å². The van der Waals surface area contributed by atoms with Gasteiger partial charge in [-0.05, 0) is 49.4 Å². The molecule has 0 saturated carbocycles. The van der Waals surface area contributed by atoms with Gasteiger partial charge < -0.3 is 16.0 Å². The van der Waals surface area contributed by atoms with Gasteiger partial charge in [0.25, 0.3) is 5.91 Å². The van der Waals surface area contributed by atoms with Gasteiger partial charge in [-0.15, -0.1) is 0 Å². The quantitative estimate of drug-likeness (QED) is 0.734. The molecule has 138 valence electrons. The van der Waals surface area contributed by atoms with Crippen LogP contribution in [0.4, 0.5) is 24.5 Å². The Labute approximate surface area is 148 Å². The topological polar surface area (TPSA) is 70.2 Å². The molecule has 0 aliphatic rings. The minimum absolute atomic E-state index is 0.195. The summed E-state index contributed by atoms with van der Waals surface area (Å²) in [5, 5.41) is 7.91. The fraction of sp³-hybridized carbons (Fsp3) is 0.222. The van der Waals surface area contributed by atoms with E-state index in [2.05, 4.69) is 16.0 Å². The van der Waals surface area contributed by atoms with Gasteiger partial charge in [-0.2, -0.15) is 13.2 Å². The molecule has 0 aliphatic heterocycles. The monoisotopic (exact) mass is 365 g/mol. The first-order valence-electron chi connectivity index (χ1n) is 7.89. The van der Waals surface area contributed by atoms with Crippen LogP contribution in [-0.4, -0.2) is 24.9 Å². The van der Waals surface area contributed by atoms with Gasteiger partial charge in [0.05, 0.1) is 12.1 Å².